The van der Waals surface area contributed by atoms with Gasteiger partial charge < -0.3 is 19.9 Å². The van der Waals surface area contributed by atoms with Gasteiger partial charge in [-0.3, -0.25) is 4.79 Å². The number of hydrogen-bond acceptors (Lipinski definition) is 5. The van der Waals surface area contributed by atoms with Crippen molar-refractivity contribution in [3.8, 4) is 11.7 Å². The zero-order valence-electron chi connectivity index (χ0n) is 23.7. The zero-order valence-corrected chi connectivity index (χ0v) is 23.7. The molecule has 0 spiro atoms. The first-order valence-electron chi connectivity index (χ1n) is 13.0. The van der Waals surface area contributed by atoms with Crippen molar-refractivity contribution in [2.45, 2.75) is 72.1 Å². The summed E-state index contributed by atoms with van der Waals surface area (Å²) >= 11 is 0. The Balaban J connectivity index is 0. The van der Waals surface area contributed by atoms with Crippen LogP contribution in [0.2, 0.25) is 5.82 Å². The molecule has 2 N–H and O–H groups in total. The molecule has 6 nitrogen and oxygen atoms in total. The standard InChI is InChI=1S/C18H20BNO.C9H17NO2.C2H6.CH4O/c1-4-5-6-7-15(3)21-18-9-8-16-12-19(13-20)14(2)10-17(16)11-18;1-3-5-6-9(10-8-11)7-12-4-2;2*1-2/h4-9,11,14H,1,10,12H2,2-3H3;3,8-9H,1,4-7H2,2H3,(H,10,11);1-2H3;2H,1H3/b6-5-,15-7+;;;. The molecule has 1 aromatic rings. The number of fused-ring (bicyclic) bond motifs is 1. The molecule has 7 heteroatoms. The number of aliphatic hydroxyl groups is 1. The summed E-state index contributed by atoms with van der Waals surface area (Å²) in [4.78, 5) is 10.1. The first-order chi connectivity index (χ1) is 18.0. The number of benzene rings is 1. The Kier molecular flexibility index (Phi) is 24.0. The Bertz CT molecular complexity index is 862. The van der Waals surface area contributed by atoms with Crippen LogP contribution in [0.3, 0.4) is 0 Å². The minimum absolute atomic E-state index is 0.125. The lowest BCUT2D eigenvalue weighted by atomic mass is 9.37. The highest BCUT2D eigenvalue weighted by atomic mass is 16.5. The molecule has 0 aromatic heterocycles. The summed E-state index contributed by atoms with van der Waals surface area (Å²) < 4.78 is 11.0. The van der Waals surface area contributed by atoms with Gasteiger partial charge in [-0.05, 0) is 69.0 Å². The average molecular weight is 511 g/mol. The molecule has 0 aliphatic carbocycles. The van der Waals surface area contributed by atoms with Crippen LogP contribution in [0.15, 0.2) is 67.5 Å². The molecule has 204 valence electrons. The molecule has 37 heavy (non-hydrogen) atoms. The van der Waals surface area contributed by atoms with Crippen molar-refractivity contribution in [2.75, 3.05) is 20.3 Å². The van der Waals surface area contributed by atoms with Gasteiger partial charge in [0.05, 0.1) is 12.6 Å². The smallest absolute Gasteiger partial charge is 0.275 e. The fourth-order valence-electron chi connectivity index (χ4n) is 3.53. The predicted octanol–water partition coefficient (Wildman–Crippen LogP) is 6.04. The highest BCUT2D eigenvalue weighted by Crippen LogP contribution is 2.31. The Morgan fingerprint density at radius 1 is 1.30 bits per heavy atom. The Hall–Kier alpha value is -3.08. The van der Waals surface area contributed by atoms with Crippen molar-refractivity contribution in [3.63, 3.8) is 0 Å². The van der Waals surface area contributed by atoms with Gasteiger partial charge in [0.15, 0.2) is 0 Å². The van der Waals surface area contributed by atoms with Crippen LogP contribution in [0.4, 0.5) is 0 Å². The molecule has 2 unspecified atom stereocenters. The first-order valence-corrected chi connectivity index (χ1v) is 13.0. The van der Waals surface area contributed by atoms with Crippen LogP contribution < -0.4 is 10.1 Å². The minimum atomic E-state index is 0.125. The number of nitrogens with zero attached hydrogens (tertiary/aromatic N) is 1. The second-order valence-electron chi connectivity index (χ2n) is 8.06. The topological polar surface area (TPSA) is 91.6 Å². The second-order valence-corrected chi connectivity index (χ2v) is 8.06. The molecule has 1 amide bonds. The summed E-state index contributed by atoms with van der Waals surface area (Å²) in [5, 5.41) is 18.9. The zero-order chi connectivity index (χ0) is 28.5. The van der Waals surface area contributed by atoms with E-state index in [-0.39, 0.29) is 12.8 Å². The van der Waals surface area contributed by atoms with Crippen molar-refractivity contribution < 1.29 is 19.4 Å². The number of allylic oxidation sites excluding steroid dienone is 6. The van der Waals surface area contributed by atoms with E-state index in [4.69, 9.17) is 19.8 Å². The third kappa shape index (κ3) is 16.3. The molecule has 1 aliphatic heterocycles. The molecule has 1 aromatic carbocycles. The predicted molar refractivity (Wildman–Crippen MR) is 157 cm³/mol. The van der Waals surface area contributed by atoms with Gasteiger partial charge in [-0.25, -0.2) is 5.26 Å². The molecule has 0 bridgehead atoms. The number of nitrogens with one attached hydrogen (secondary N) is 1. The SMILES string of the molecule is C=C/C=C\C=C(/C)Oc1ccc2c(c1)CC(C)B(C#N)C2.C=CCCC(COCC)NC=O.CC.CO. The second kappa shape index (κ2) is 24.6. The molecule has 0 fully saturated rings. The molecule has 2 atom stereocenters. The van der Waals surface area contributed by atoms with E-state index in [0.29, 0.717) is 25.4 Å². The number of rotatable bonds is 12. The number of aliphatic hydroxyl groups excluding tert-OH is 1. The van der Waals surface area contributed by atoms with Gasteiger partial charge in [0.1, 0.15) is 11.5 Å². The summed E-state index contributed by atoms with van der Waals surface area (Å²) in [5.74, 6) is 4.52. The lowest BCUT2D eigenvalue weighted by Crippen LogP contribution is -2.32. The van der Waals surface area contributed by atoms with Crippen molar-refractivity contribution in [1.29, 1.82) is 5.26 Å². The van der Waals surface area contributed by atoms with Gasteiger partial charge in [0.2, 0.25) is 6.41 Å². The molecule has 0 radical (unpaired) electrons. The van der Waals surface area contributed by atoms with Crippen LogP contribution in [-0.4, -0.2) is 44.6 Å². The fraction of sp³-hybridized carbons (Fsp3) is 0.467. The first kappa shape index (κ1) is 36.1. The van der Waals surface area contributed by atoms with Crippen molar-refractivity contribution in [2.24, 2.45) is 0 Å². The third-order valence-electron chi connectivity index (χ3n) is 5.42. The fourth-order valence-corrected chi connectivity index (χ4v) is 3.53. The molecular weight excluding hydrogens is 463 g/mol. The van der Waals surface area contributed by atoms with E-state index < -0.39 is 0 Å². The highest BCUT2D eigenvalue weighted by molar-refractivity contribution is 6.68. The number of carbonyl (C=O) groups is 1. The molecule has 1 heterocycles. The molecule has 2 rings (SSSR count). The third-order valence-corrected chi connectivity index (χ3v) is 5.42. The van der Waals surface area contributed by atoms with Crippen LogP contribution in [0.25, 0.3) is 0 Å². The van der Waals surface area contributed by atoms with Gasteiger partial charge in [0.25, 0.3) is 6.71 Å². The average Bonchev–Trinajstić information content (AvgIpc) is 2.92. The summed E-state index contributed by atoms with van der Waals surface area (Å²) in [7, 11) is 1.00. The largest absolute Gasteiger partial charge is 0.462 e. The van der Waals surface area contributed by atoms with Crippen molar-refractivity contribution >= 4 is 13.1 Å². The lowest BCUT2D eigenvalue weighted by molar-refractivity contribution is -0.110. The normalized spacial score (nSPS) is 14.6. The van der Waals surface area contributed by atoms with Gasteiger partial charge in [0, 0.05) is 19.7 Å². The molecule has 0 saturated carbocycles. The maximum absolute atomic E-state index is 10.1. The van der Waals surface area contributed by atoms with Gasteiger partial charge in [-0.15, -0.1) is 6.58 Å². The van der Waals surface area contributed by atoms with Crippen molar-refractivity contribution in [1.82, 2.24) is 5.32 Å². The number of ether oxygens (including phenoxy) is 2. The summed E-state index contributed by atoms with van der Waals surface area (Å²) in [6.07, 6.45) is 13.6. The van der Waals surface area contributed by atoms with Gasteiger partial charge >= 0.3 is 0 Å². The van der Waals surface area contributed by atoms with Crippen LogP contribution in [-0.2, 0) is 22.3 Å². The minimum Gasteiger partial charge on any atom is -0.462 e. The summed E-state index contributed by atoms with van der Waals surface area (Å²) in [6, 6.07) is 6.31. The number of amides is 1. The monoisotopic (exact) mass is 510 g/mol. The number of carbonyl (C=O) groups excluding carboxylic acids is 1. The summed E-state index contributed by atoms with van der Waals surface area (Å²) in [5.41, 5.74) is 2.58. The Morgan fingerprint density at radius 2 is 2.00 bits per heavy atom. The Morgan fingerprint density at radius 3 is 2.57 bits per heavy atom. The van der Waals surface area contributed by atoms with E-state index in [1.807, 2.05) is 58.1 Å². The number of hydrogen-bond donors (Lipinski definition) is 2. The van der Waals surface area contributed by atoms with Crippen LogP contribution in [0.1, 0.15) is 58.6 Å². The van der Waals surface area contributed by atoms with E-state index in [1.165, 1.54) is 11.1 Å². The molecular formula is C30H47BN2O4. The van der Waals surface area contributed by atoms with E-state index in [2.05, 4.69) is 43.5 Å². The van der Waals surface area contributed by atoms with E-state index in [1.54, 1.807) is 6.08 Å². The van der Waals surface area contributed by atoms with E-state index in [0.717, 1.165) is 44.2 Å². The molecule has 1 aliphatic rings. The van der Waals surface area contributed by atoms with Crippen LogP contribution in [0, 0.1) is 11.2 Å². The van der Waals surface area contributed by atoms with Crippen LogP contribution >= 0.6 is 0 Å². The summed E-state index contributed by atoms with van der Waals surface area (Å²) in [6.45, 7) is 18.7. The molecule has 0 saturated heterocycles. The van der Waals surface area contributed by atoms with Crippen molar-refractivity contribution in [3.05, 3.63) is 78.6 Å². The maximum Gasteiger partial charge on any atom is 0.275 e. The Labute approximate surface area is 225 Å². The highest BCUT2D eigenvalue weighted by Gasteiger charge is 2.29. The maximum atomic E-state index is 10.1. The van der Waals surface area contributed by atoms with Crippen LogP contribution in [0.5, 0.6) is 5.75 Å². The lowest BCUT2D eigenvalue weighted by Gasteiger charge is -2.24. The van der Waals surface area contributed by atoms with Gasteiger partial charge in [-0.2, -0.15) is 0 Å². The van der Waals surface area contributed by atoms with Gasteiger partial charge in [-0.1, -0.05) is 63.3 Å². The van der Waals surface area contributed by atoms with E-state index in [9.17, 15) is 4.79 Å². The quantitative estimate of drug-likeness (QED) is 0.118. The number of nitriles is 1. The van der Waals surface area contributed by atoms with E-state index >= 15 is 0 Å².